The molecule has 4 rings (SSSR count). The molecule has 0 aliphatic carbocycles. The standard InChI is InChI=1S/C27H26ClN3O3S/c1-16-5-10-20(15-23(16)28)29-26(32)17(2)35-27-30-24(18-6-11-21(33-3)12-7-18)25(31-27)19-8-13-22(34-4)14-9-19/h5-15,17H,1-4H3,(H,29,32)(H,30,31). The molecule has 180 valence electrons. The third kappa shape index (κ3) is 5.81. The average Bonchev–Trinajstić information content (AvgIpc) is 3.30. The van der Waals surface area contributed by atoms with Crippen LogP contribution in [0.5, 0.6) is 11.5 Å². The summed E-state index contributed by atoms with van der Waals surface area (Å²) in [5.74, 6) is 1.41. The maximum absolute atomic E-state index is 12.8. The van der Waals surface area contributed by atoms with Crippen LogP contribution in [0.4, 0.5) is 5.69 Å². The number of aromatic nitrogens is 2. The van der Waals surface area contributed by atoms with Crippen molar-refractivity contribution in [1.82, 2.24) is 9.97 Å². The summed E-state index contributed by atoms with van der Waals surface area (Å²) in [5.41, 5.74) is 5.17. The van der Waals surface area contributed by atoms with Gasteiger partial charge in [0, 0.05) is 21.8 Å². The van der Waals surface area contributed by atoms with Crippen LogP contribution >= 0.6 is 23.4 Å². The number of halogens is 1. The van der Waals surface area contributed by atoms with Crippen molar-refractivity contribution >= 4 is 35.0 Å². The fraction of sp³-hybridized carbons (Fsp3) is 0.185. The lowest BCUT2D eigenvalue weighted by Gasteiger charge is -2.11. The Hall–Kier alpha value is -3.42. The smallest absolute Gasteiger partial charge is 0.237 e. The predicted octanol–water partition coefficient (Wildman–Crippen LogP) is 6.84. The minimum Gasteiger partial charge on any atom is -0.497 e. The van der Waals surface area contributed by atoms with Crippen LogP contribution in [-0.2, 0) is 4.79 Å². The lowest BCUT2D eigenvalue weighted by molar-refractivity contribution is -0.115. The van der Waals surface area contributed by atoms with E-state index in [1.165, 1.54) is 11.8 Å². The van der Waals surface area contributed by atoms with Gasteiger partial charge in [-0.15, -0.1) is 0 Å². The molecule has 3 aromatic carbocycles. The van der Waals surface area contributed by atoms with E-state index in [2.05, 4.69) is 10.3 Å². The maximum Gasteiger partial charge on any atom is 0.237 e. The largest absolute Gasteiger partial charge is 0.497 e. The molecule has 1 heterocycles. The van der Waals surface area contributed by atoms with Crippen molar-refractivity contribution in [1.29, 1.82) is 0 Å². The number of nitrogens with one attached hydrogen (secondary N) is 2. The van der Waals surface area contributed by atoms with Crippen molar-refractivity contribution in [3.05, 3.63) is 77.3 Å². The van der Waals surface area contributed by atoms with Gasteiger partial charge in [0.25, 0.3) is 0 Å². The first-order chi connectivity index (χ1) is 16.9. The third-order valence-electron chi connectivity index (χ3n) is 5.52. The summed E-state index contributed by atoms with van der Waals surface area (Å²) in [6, 6.07) is 21.0. The number of imidazole rings is 1. The minimum absolute atomic E-state index is 0.136. The molecule has 1 atom stereocenters. The van der Waals surface area contributed by atoms with E-state index in [-0.39, 0.29) is 5.91 Å². The molecule has 35 heavy (non-hydrogen) atoms. The van der Waals surface area contributed by atoms with Crippen molar-refractivity contribution in [3.63, 3.8) is 0 Å². The number of carbonyl (C=O) groups excluding carboxylic acids is 1. The van der Waals surface area contributed by atoms with E-state index in [1.807, 2.05) is 74.5 Å². The number of aromatic amines is 1. The van der Waals surface area contributed by atoms with Crippen LogP contribution in [0.1, 0.15) is 12.5 Å². The van der Waals surface area contributed by atoms with E-state index in [9.17, 15) is 4.79 Å². The Morgan fingerprint density at radius 1 is 0.971 bits per heavy atom. The fourth-order valence-electron chi connectivity index (χ4n) is 3.47. The summed E-state index contributed by atoms with van der Waals surface area (Å²) in [6.07, 6.45) is 0. The summed E-state index contributed by atoms with van der Waals surface area (Å²) >= 11 is 7.55. The molecule has 0 saturated heterocycles. The molecule has 0 fully saturated rings. The second-order valence-corrected chi connectivity index (χ2v) is 9.67. The molecule has 0 aliphatic heterocycles. The maximum atomic E-state index is 12.8. The number of hydrogen-bond donors (Lipinski definition) is 2. The number of ether oxygens (including phenoxy) is 2. The van der Waals surface area contributed by atoms with Crippen molar-refractivity contribution in [3.8, 4) is 34.0 Å². The van der Waals surface area contributed by atoms with Crippen molar-refractivity contribution in [2.45, 2.75) is 24.3 Å². The van der Waals surface area contributed by atoms with Crippen molar-refractivity contribution < 1.29 is 14.3 Å². The second-order valence-electron chi connectivity index (χ2n) is 7.94. The number of carbonyl (C=O) groups is 1. The Morgan fingerprint density at radius 2 is 1.57 bits per heavy atom. The average molecular weight is 508 g/mol. The summed E-state index contributed by atoms with van der Waals surface area (Å²) in [7, 11) is 3.28. The number of methoxy groups -OCH3 is 2. The van der Waals surface area contributed by atoms with E-state index in [1.54, 1.807) is 20.3 Å². The monoisotopic (exact) mass is 507 g/mol. The number of nitrogens with zero attached hydrogens (tertiary/aromatic N) is 1. The second kappa shape index (κ2) is 10.9. The third-order valence-corrected chi connectivity index (χ3v) is 6.91. The minimum atomic E-state index is -0.395. The lowest BCUT2D eigenvalue weighted by atomic mass is 10.0. The van der Waals surface area contributed by atoms with Gasteiger partial charge in [0.05, 0.1) is 30.9 Å². The molecular formula is C27H26ClN3O3S. The molecule has 8 heteroatoms. The summed E-state index contributed by atoms with van der Waals surface area (Å²) in [4.78, 5) is 21.1. The number of thioether (sulfide) groups is 1. The molecule has 0 spiro atoms. The Bertz CT molecular complexity index is 1260. The SMILES string of the molecule is COc1ccc(-c2nc(SC(C)C(=O)Nc3ccc(C)c(Cl)c3)[nH]c2-c2ccc(OC)cc2)cc1. The van der Waals surface area contributed by atoms with Crippen LogP contribution < -0.4 is 14.8 Å². The summed E-state index contributed by atoms with van der Waals surface area (Å²) in [5, 5.41) is 3.79. The number of benzene rings is 3. The highest BCUT2D eigenvalue weighted by Gasteiger charge is 2.20. The van der Waals surface area contributed by atoms with E-state index in [4.69, 9.17) is 26.1 Å². The molecule has 0 radical (unpaired) electrons. The van der Waals surface area contributed by atoms with E-state index >= 15 is 0 Å². The molecule has 1 unspecified atom stereocenters. The molecule has 2 N–H and O–H groups in total. The van der Waals surface area contributed by atoms with E-state index < -0.39 is 5.25 Å². The number of anilines is 1. The Kier molecular flexibility index (Phi) is 7.68. The Balaban J connectivity index is 1.60. The zero-order valence-corrected chi connectivity index (χ0v) is 21.5. The van der Waals surface area contributed by atoms with E-state index in [0.29, 0.717) is 15.9 Å². The highest BCUT2D eigenvalue weighted by atomic mass is 35.5. The van der Waals surface area contributed by atoms with Crippen LogP contribution in [0.25, 0.3) is 22.5 Å². The molecular weight excluding hydrogens is 482 g/mol. The van der Waals surface area contributed by atoms with Crippen LogP contribution in [-0.4, -0.2) is 35.3 Å². The number of rotatable bonds is 8. The quantitative estimate of drug-likeness (QED) is 0.255. The number of hydrogen-bond acceptors (Lipinski definition) is 5. The normalized spacial score (nSPS) is 11.7. The van der Waals surface area contributed by atoms with Crippen LogP contribution in [0, 0.1) is 6.92 Å². The van der Waals surface area contributed by atoms with E-state index in [0.717, 1.165) is 39.6 Å². The lowest BCUT2D eigenvalue weighted by Crippen LogP contribution is -2.22. The topological polar surface area (TPSA) is 76.2 Å². The van der Waals surface area contributed by atoms with Gasteiger partial charge >= 0.3 is 0 Å². The molecule has 6 nitrogen and oxygen atoms in total. The zero-order valence-electron chi connectivity index (χ0n) is 19.9. The van der Waals surface area contributed by atoms with Gasteiger partial charge in [-0.2, -0.15) is 0 Å². The van der Waals surface area contributed by atoms with Crippen LogP contribution in [0.2, 0.25) is 5.02 Å². The summed E-state index contributed by atoms with van der Waals surface area (Å²) < 4.78 is 10.6. The highest BCUT2D eigenvalue weighted by Crippen LogP contribution is 2.35. The molecule has 1 aromatic heterocycles. The molecule has 0 saturated carbocycles. The predicted molar refractivity (Wildman–Crippen MR) is 143 cm³/mol. The van der Waals surface area contributed by atoms with Gasteiger partial charge in [0.1, 0.15) is 11.5 Å². The first kappa shape index (κ1) is 24.7. The van der Waals surface area contributed by atoms with Gasteiger partial charge in [0.2, 0.25) is 5.91 Å². The zero-order chi connectivity index (χ0) is 24.9. The van der Waals surface area contributed by atoms with Gasteiger partial charge in [-0.3, -0.25) is 4.79 Å². The number of H-pyrrole nitrogens is 1. The molecule has 0 aliphatic rings. The van der Waals surface area contributed by atoms with Crippen LogP contribution in [0.3, 0.4) is 0 Å². The number of aryl methyl sites for hydroxylation is 1. The Morgan fingerprint density at radius 3 is 2.14 bits per heavy atom. The highest BCUT2D eigenvalue weighted by molar-refractivity contribution is 8.00. The fourth-order valence-corrected chi connectivity index (χ4v) is 4.45. The molecule has 4 aromatic rings. The Labute approximate surface area is 214 Å². The van der Waals surface area contributed by atoms with Gasteiger partial charge in [-0.1, -0.05) is 29.4 Å². The van der Waals surface area contributed by atoms with Gasteiger partial charge in [0.15, 0.2) is 5.16 Å². The summed E-state index contributed by atoms with van der Waals surface area (Å²) in [6.45, 7) is 3.77. The van der Waals surface area contributed by atoms with Crippen LogP contribution in [0.15, 0.2) is 71.9 Å². The molecule has 0 bridgehead atoms. The first-order valence-electron chi connectivity index (χ1n) is 11.0. The van der Waals surface area contributed by atoms with Gasteiger partial charge in [-0.25, -0.2) is 4.98 Å². The van der Waals surface area contributed by atoms with Gasteiger partial charge < -0.3 is 19.8 Å². The number of amides is 1. The first-order valence-corrected chi connectivity index (χ1v) is 12.3. The molecule has 1 amide bonds. The van der Waals surface area contributed by atoms with Crippen molar-refractivity contribution in [2.24, 2.45) is 0 Å². The van der Waals surface area contributed by atoms with Crippen molar-refractivity contribution in [2.75, 3.05) is 19.5 Å². The van der Waals surface area contributed by atoms with Gasteiger partial charge in [-0.05, 0) is 80.1 Å².